The number of allylic oxidation sites excluding steroid dienone is 2. The van der Waals surface area contributed by atoms with Gasteiger partial charge in [-0.3, -0.25) is 4.79 Å². The van der Waals surface area contributed by atoms with Crippen LogP contribution < -0.4 is 0 Å². The van der Waals surface area contributed by atoms with Crippen LogP contribution in [0, 0.1) is 11.8 Å². The average molecular weight is 207 g/mol. The van der Waals surface area contributed by atoms with Crippen LogP contribution in [0.4, 0.5) is 0 Å². The predicted octanol–water partition coefficient (Wildman–Crippen LogP) is 2.25. The van der Waals surface area contributed by atoms with Gasteiger partial charge in [-0.15, -0.1) is 0 Å². The Kier molecular flexibility index (Phi) is 3.57. The molecule has 15 heavy (non-hydrogen) atoms. The van der Waals surface area contributed by atoms with Crippen LogP contribution in [0.3, 0.4) is 0 Å². The van der Waals surface area contributed by atoms with E-state index in [1.807, 2.05) is 0 Å². The second kappa shape index (κ2) is 4.93. The molecule has 1 heterocycles. The fraction of sp³-hybridized carbons (Fsp3) is 0.769. The quantitative estimate of drug-likeness (QED) is 0.647. The van der Waals surface area contributed by atoms with Gasteiger partial charge in [-0.25, -0.2) is 0 Å². The number of nitrogens with zero attached hydrogens (tertiary/aromatic N) is 1. The van der Waals surface area contributed by atoms with Gasteiger partial charge in [-0.1, -0.05) is 19.1 Å². The van der Waals surface area contributed by atoms with Crippen molar-refractivity contribution in [2.24, 2.45) is 11.8 Å². The van der Waals surface area contributed by atoms with Gasteiger partial charge in [0.05, 0.1) is 0 Å². The molecular formula is C13H21NO. The molecule has 0 amide bonds. The summed E-state index contributed by atoms with van der Waals surface area (Å²) in [5.41, 5.74) is 0. The van der Waals surface area contributed by atoms with Crippen LogP contribution in [0.5, 0.6) is 0 Å². The zero-order valence-corrected chi connectivity index (χ0v) is 9.61. The first-order chi connectivity index (χ1) is 7.25. The van der Waals surface area contributed by atoms with Crippen LogP contribution in [0.2, 0.25) is 0 Å². The van der Waals surface area contributed by atoms with Crippen molar-refractivity contribution in [1.29, 1.82) is 0 Å². The third-order valence-corrected chi connectivity index (χ3v) is 3.79. The third kappa shape index (κ3) is 2.91. The molecule has 1 aliphatic carbocycles. The van der Waals surface area contributed by atoms with Crippen LogP contribution in [-0.2, 0) is 4.79 Å². The van der Waals surface area contributed by atoms with Crippen LogP contribution in [0.1, 0.15) is 32.6 Å². The van der Waals surface area contributed by atoms with E-state index in [-0.39, 0.29) is 0 Å². The van der Waals surface area contributed by atoms with Gasteiger partial charge in [0.1, 0.15) is 5.78 Å². The maximum Gasteiger partial charge on any atom is 0.135 e. The summed E-state index contributed by atoms with van der Waals surface area (Å²) in [6.45, 7) is 5.49. The minimum atomic E-state index is 0.447. The smallest absolute Gasteiger partial charge is 0.135 e. The Morgan fingerprint density at radius 3 is 2.80 bits per heavy atom. The Morgan fingerprint density at radius 2 is 2.13 bits per heavy atom. The summed E-state index contributed by atoms with van der Waals surface area (Å²) in [6.07, 6.45) is 8.77. The maximum atomic E-state index is 11.1. The van der Waals surface area contributed by atoms with E-state index in [2.05, 4.69) is 24.0 Å². The molecule has 0 aromatic carbocycles. The highest BCUT2D eigenvalue weighted by molar-refractivity contribution is 5.79. The Labute approximate surface area is 92.3 Å². The lowest BCUT2D eigenvalue weighted by Gasteiger charge is -2.33. The van der Waals surface area contributed by atoms with Crippen molar-refractivity contribution in [3.8, 4) is 0 Å². The van der Waals surface area contributed by atoms with Gasteiger partial charge in [0.15, 0.2) is 0 Å². The summed E-state index contributed by atoms with van der Waals surface area (Å²) in [5.74, 6) is 1.97. The monoisotopic (exact) mass is 207 g/mol. The van der Waals surface area contributed by atoms with E-state index in [4.69, 9.17) is 0 Å². The van der Waals surface area contributed by atoms with E-state index in [0.29, 0.717) is 5.78 Å². The molecule has 0 spiro atoms. The second-order valence-corrected chi connectivity index (χ2v) is 4.96. The first-order valence-electron chi connectivity index (χ1n) is 6.16. The molecule has 0 radical (unpaired) electrons. The average Bonchev–Trinajstić information content (AvgIpc) is 2.25. The maximum absolute atomic E-state index is 11.1. The summed E-state index contributed by atoms with van der Waals surface area (Å²) in [7, 11) is 0. The second-order valence-electron chi connectivity index (χ2n) is 4.96. The molecule has 1 fully saturated rings. The molecule has 2 heteroatoms. The summed E-state index contributed by atoms with van der Waals surface area (Å²) in [5, 5.41) is 0. The van der Waals surface area contributed by atoms with Gasteiger partial charge in [0.2, 0.25) is 0 Å². The van der Waals surface area contributed by atoms with Crippen LogP contribution in [0.25, 0.3) is 0 Å². The number of carbonyl (C=O) groups excluding carboxylic acids is 1. The van der Waals surface area contributed by atoms with Gasteiger partial charge >= 0.3 is 0 Å². The first kappa shape index (κ1) is 10.9. The summed E-state index contributed by atoms with van der Waals surface area (Å²) in [4.78, 5) is 13.6. The van der Waals surface area contributed by atoms with Crippen molar-refractivity contribution >= 4 is 5.78 Å². The molecule has 0 aromatic rings. The Bertz CT molecular complexity index is 249. The van der Waals surface area contributed by atoms with Gasteiger partial charge in [-0.2, -0.15) is 0 Å². The largest absolute Gasteiger partial charge is 0.302 e. The third-order valence-electron chi connectivity index (χ3n) is 3.79. The van der Waals surface area contributed by atoms with Crippen molar-refractivity contribution in [2.75, 3.05) is 19.6 Å². The lowest BCUT2D eigenvalue weighted by atomic mass is 9.84. The van der Waals surface area contributed by atoms with E-state index >= 15 is 0 Å². The normalized spacial score (nSPS) is 33.3. The molecular weight excluding hydrogens is 186 g/mol. The number of hydrogen-bond donors (Lipinski definition) is 0. The molecule has 2 rings (SSSR count). The number of likely N-dealkylation sites (tertiary alicyclic amines) is 1. The van der Waals surface area contributed by atoms with Gasteiger partial charge < -0.3 is 4.90 Å². The number of carbonyl (C=O) groups is 1. The molecule has 2 unspecified atom stereocenters. The van der Waals surface area contributed by atoms with Crippen molar-refractivity contribution in [3.05, 3.63) is 12.2 Å². The Morgan fingerprint density at radius 1 is 1.40 bits per heavy atom. The highest BCUT2D eigenvalue weighted by Crippen LogP contribution is 2.25. The lowest BCUT2D eigenvalue weighted by molar-refractivity contribution is -0.121. The lowest BCUT2D eigenvalue weighted by Crippen LogP contribution is -2.38. The predicted molar refractivity (Wildman–Crippen MR) is 61.7 cm³/mol. The van der Waals surface area contributed by atoms with Crippen molar-refractivity contribution in [3.63, 3.8) is 0 Å². The molecule has 2 atom stereocenters. The van der Waals surface area contributed by atoms with E-state index < -0.39 is 0 Å². The SMILES string of the molecule is CC1C=CCCC1CN1CCC(=O)CC1. The molecule has 2 nitrogen and oxygen atoms in total. The molecule has 1 saturated heterocycles. The molecule has 2 aliphatic rings. The van der Waals surface area contributed by atoms with E-state index in [1.54, 1.807) is 0 Å². The molecule has 0 aromatic heterocycles. The van der Waals surface area contributed by atoms with Crippen LogP contribution >= 0.6 is 0 Å². The van der Waals surface area contributed by atoms with Crippen molar-refractivity contribution < 1.29 is 4.79 Å². The van der Waals surface area contributed by atoms with E-state index in [9.17, 15) is 4.79 Å². The number of rotatable bonds is 2. The van der Waals surface area contributed by atoms with Crippen LogP contribution in [-0.4, -0.2) is 30.3 Å². The zero-order valence-electron chi connectivity index (χ0n) is 9.61. The molecule has 0 N–H and O–H groups in total. The molecule has 1 aliphatic heterocycles. The number of ketones is 1. The zero-order chi connectivity index (χ0) is 10.7. The summed E-state index contributed by atoms with van der Waals surface area (Å²) < 4.78 is 0. The highest BCUT2D eigenvalue weighted by Gasteiger charge is 2.23. The summed E-state index contributed by atoms with van der Waals surface area (Å²) >= 11 is 0. The standard InChI is InChI=1S/C13H21NO/c1-11-4-2-3-5-12(11)10-14-8-6-13(15)7-9-14/h2,4,11-12H,3,5-10H2,1H3. The molecule has 84 valence electrons. The summed E-state index contributed by atoms with van der Waals surface area (Å²) in [6, 6.07) is 0. The first-order valence-corrected chi connectivity index (χ1v) is 6.16. The topological polar surface area (TPSA) is 20.3 Å². The van der Waals surface area contributed by atoms with E-state index in [0.717, 1.165) is 37.8 Å². The van der Waals surface area contributed by atoms with Gasteiger partial charge in [0.25, 0.3) is 0 Å². The van der Waals surface area contributed by atoms with Crippen LogP contribution in [0.15, 0.2) is 12.2 Å². The number of piperidine rings is 1. The van der Waals surface area contributed by atoms with Crippen molar-refractivity contribution in [1.82, 2.24) is 4.90 Å². The number of hydrogen-bond acceptors (Lipinski definition) is 2. The molecule has 0 bridgehead atoms. The van der Waals surface area contributed by atoms with Gasteiger partial charge in [0, 0.05) is 32.5 Å². The van der Waals surface area contributed by atoms with Crippen molar-refractivity contribution in [2.45, 2.75) is 32.6 Å². The van der Waals surface area contributed by atoms with E-state index in [1.165, 1.54) is 19.4 Å². The Hall–Kier alpha value is -0.630. The molecule has 0 saturated carbocycles. The Balaban J connectivity index is 1.81. The highest BCUT2D eigenvalue weighted by atomic mass is 16.1. The fourth-order valence-electron chi connectivity index (χ4n) is 2.62. The fourth-order valence-corrected chi connectivity index (χ4v) is 2.62. The van der Waals surface area contributed by atoms with Gasteiger partial charge in [-0.05, 0) is 24.7 Å². The number of Topliss-reactive ketones (excluding diaryl/α,β-unsaturated/α-hetero) is 1. The minimum Gasteiger partial charge on any atom is -0.302 e. The minimum absolute atomic E-state index is 0.447.